The topological polar surface area (TPSA) is 88.2 Å². The number of ketones is 1. The van der Waals surface area contributed by atoms with Gasteiger partial charge in [-0.25, -0.2) is 4.39 Å². The van der Waals surface area contributed by atoms with E-state index in [0.717, 1.165) is 101 Å². The molecule has 1 spiro atoms. The number of hydrogen-bond donors (Lipinski definition) is 1. The number of imide groups is 1. The highest BCUT2D eigenvalue weighted by Crippen LogP contribution is 2.47. The summed E-state index contributed by atoms with van der Waals surface area (Å²) in [6, 6.07) is 12.0. The molecule has 0 bridgehead atoms. The molecule has 1 unspecified atom stereocenters. The van der Waals surface area contributed by atoms with Gasteiger partial charge >= 0.3 is 0 Å². The van der Waals surface area contributed by atoms with Crippen LogP contribution in [0.4, 0.5) is 4.39 Å². The number of benzene rings is 2. The minimum atomic E-state index is -0.325. The minimum absolute atomic E-state index is 0.0192. The number of likely N-dealkylation sites (tertiary alicyclic amines) is 2. The minimum Gasteiger partial charge on any atom is -0.492 e. The maximum Gasteiger partial charge on any atom is 0.229 e. The van der Waals surface area contributed by atoms with Crippen LogP contribution in [-0.2, 0) is 16.0 Å². The number of ether oxygens (including phenoxy) is 2. The highest BCUT2D eigenvalue weighted by molar-refractivity contribution is 5.98. The fourth-order valence-electron chi connectivity index (χ4n) is 7.66. The van der Waals surface area contributed by atoms with Crippen molar-refractivity contribution in [2.75, 3.05) is 45.9 Å². The molecule has 0 radical (unpaired) electrons. The monoisotopic (exact) mass is 619 g/mol. The molecule has 4 aliphatic rings. The number of Topliss-reactive ketones (excluding diaryl/α,β-unsaturated/α-hetero) is 1. The van der Waals surface area contributed by atoms with Crippen LogP contribution in [0, 0.1) is 17.2 Å². The average molecular weight is 620 g/mol. The molecule has 1 saturated carbocycles. The smallest absolute Gasteiger partial charge is 0.229 e. The Kier molecular flexibility index (Phi) is 10.1. The predicted molar refractivity (Wildman–Crippen MR) is 169 cm³/mol. The van der Waals surface area contributed by atoms with E-state index in [4.69, 9.17) is 9.47 Å². The van der Waals surface area contributed by atoms with Crippen molar-refractivity contribution in [3.8, 4) is 11.5 Å². The lowest BCUT2D eigenvalue weighted by Crippen LogP contribution is -2.47. The summed E-state index contributed by atoms with van der Waals surface area (Å²) in [5.74, 6) is 1.52. The summed E-state index contributed by atoms with van der Waals surface area (Å²) in [5.41, 5.74) is 1.62. The summed E-state index contributed by atoms with van der Waals surface area (Å²) in [5, 5.41) is 3.60. The zero-order valence-electron chi connectivity index (χ0n) is 26.2. The Balaban J connectivity index is 0.897. The van der Waals surface area contributed by atoms with E-state index in [9.17, 15) is 18.8 Å². The van der Waals surface area contributed by atoms with Gasteiger partial charge in [0.05, 0.1) is 0 Å². The molecule has 0 aromatic heterocycles. The Hall–Kier alpha value is -3.30. The van der Waals surface area contributed by atoms with Crippen molar-refractivity contribution in [3.63, 3.8) is 0 Å². The molecule has 2 aromatic carbocycles. The lowest BCUT2D eigenvalue weighted by atomic mass is 9.76. The standard InChI is InChI=1S/C36H46FN3O5/c37-28-10-8-26(9-11-28)35(43)27-12-18-39(19-13-27)20-21-44-31-6-5-7-32-30(31)22-29(25-45-32)38-16-3-4-17-40-33(41)23-36(24-34(40)42)14-1-2-15-36/h5-11,27,29,38H,1-4,12-25H2. The van der Waals surface area contributed by atoms with Crippen LogP contribution in [-0.4, -0.2) is 79.4 Å². The maximum absolute atomic E-state index is 13.2. The van der Waals surface area contributed by atoms with E-state index in [0.29, 0.717) is 38.2 Å². The van der Waals surface area contributed by atoms with Crippen molar-refractivity contribution in [1.29, 1.82) is 0 Å². The van der Waals surface area contributed by atoms with E-state index in [2.05, 4.69) is 10.2 Å². The van der Waals surface area contributed by atoms with Crippen LogP contribution in [0.25, 0.3) is 0 Å². The summed E-state index contributed by atoms with van der Waals surface area (Å²) in [7, 11) is 0. The van der Waals surface area contributed by atoms with Crippen LogP contribution in [0.15, 0.2) is 42.5 Å². The number of unbranched alkanes of at least 4 members (excludes halogenated alkanes) is 1. The van der Waals surface area contributed by atoms with Crippen LogP contribution in [0.1, 0.15) is 80.1 Å². The number of carbonyl (C=O) groups excluding carboxylic acids is 3. The molecular formula is C36H46FN3O5. The molecule has 1 N–H and O–H groups in total. The van der Waals surface area contributed by atoms with Crippen LogP contribution in [0.3, 0.4) is 0 Å². The number of carbonyl (C=O) groups is 3. The number of rotatable bonds is 12. The molecular weight excluding hydrogens is 573 g/mol. The van der Waals surface area contributed by atoms with E-state index < -0.39 is 0 Å². The normalized spacial score (nSPS) is 22.0. The molecule has 3 heterocycles. The van der Waals surface area contributed by atoms with Gasteiger partial charge in [0.2, 0.25) is 11.8 Å². The number of amides is 2. The van der Waals surface area contributed by atoms with Crippen molar-refractivity contribution >= 4 is 17.6 Å². The summed E-state index contributed by atoms with van der Waals surface area (Å²) < 4.78 is 25.6. The van der Waals surface area contributed by atoms with Crippen LogP contribution in [0.2, 0.25) is 0 Å². The first-order valence-corrected chi connectivity index (χ1v) is 16.9. The van der Waals surface area contributed by atoms with Crippen molar-refractivity contribution in [1.82, 2.24) is 15.1 Å². The predicted octanol–water partition coefficient (Wildman–Crippen LogP) is 5.18. The van der Waals surface area contributed by atoms with E-state index >= 15 is 0 Å². The molecule has 45 heavy (non-hydrogen) atoms. The molecule has 1 atom stereocenters. The van der Waals surface area contributed by atoms with Gasteiger partial charge in [0.25, 0.3) is 0 Å². The third-order valence-electron chi connectivity index (χ3n) is 10.3. The van der Waals surface area contributed by atoms with Crippen molar-refractivity contribution in [3.05, 3.63) is 59.4 Å². The van der Waals surface area contributed by atoms with Gasteiger partial charge in [-0.15, -0.1) is 0 Å². The summed E-state index contributed by atoms with van der Waals surface area (Å²) in [6.07, 6.45) is 9.48. The lowest BCUT2D eigenvalue weighted by Gasteiger charge is -2.37. The largest absolute Gasteiger partial charge is 0.492 e. The van der Waals surface area contributed by atoms with Crippen LogP contribution in [0.5, 0.6) is 11.5 Å². The summed E-state index contributed by atoms with van der Waals surface area (Å²) in [4.78, 5) is 42.1. The third kappa shape index (κ3) is 7.75. The Labute approximate surface area is 265 Å². The van der Waals surface area contributed by atoms with Gasteiger partial charge in [0.1, 0.15) is 30.5 Å². The third-order valence-corrected chi connectivity index (χ3v) is 10.3. The number of halogens is 1. The molecule has 2 saturated heterocycles. The highest BCUT2D eigenvalue weighted by atomic mass is 19.1. The molecule has 2 amide bonds. The number of piperidine rings is 2. The van der Waals surface area contributed by atoms with Crippen molar-refractivity contribution in [2.45, 2.75) is 76.7 Å². The van der Waals surface area contributed by atoms with E-state index in [1.807, 2.05) is 18.2 Å². The molecule has 9 heteroatoms. The Morgan fingerprint density at radius 1 is 0.978 bits per heavy atom. The number of fused-ring (bicyclic) bond motifs is 1. The van der Waals surface area contributed by atoms with Gasteiger partial charge in [-0.3, -0.25) is 24.2 Å². The number of nitrogens with zero attached hydrogens (tertiary/aromatic N) is 2. The van der Waals surface area contributed by atoms with Crippen molar-refractivity contribution in [2.24, 2.45) is 11.3 Å². The zero-order chi connectivity index (χ0) is 31.2. The lowest BCUT2D eigenvalue weighted by molar-refractivity contribution is -0.153. The number of hydrogen-bond acceptors (Lipinski definition) is 7. The number of nitrogens with one attached hydrogen (secondary N) is 1. The molecule has 1 aliphatic carbocycles. The second-order valence-electron chi connectivity index (χ2n) is 13.4. The summed E-state index contributed by atoms with van der Waals surface area (Å²) in [6.45, 7) is 4.92. The molecule has 3 fully saturated rings. The highest BCUT2D eigenvalue weighted by Gasteiger charge is 2.44. The maximum atomic E-state index is 13.2. The Morgan fingerprint density at radius 2 is 1.71 bits per heavy atom. The fraction of sp³-hybridized carbons (Fsp3) is 0.583. The SMILES string of the molecule is O=C(c1ccc(F)cc1)C1CCN(CCOc2cccc3c2CC(NCCCCN2C(=O)CC4(CCCC4)CC2=O)CO3)CC1. The second-order valence-corrected chi connectivity index (χ2v) is 13.4. The van der Waals surface area contributed by atoms with Gasteiger partial charge in [-0.05, 0) is 106 Å². The van der Waals surface area contributed by atoms with Gasteiger partial charge in [-0.2, -0.15) is 0 Å². The molecule has 3 aliphatic heterocycles. The van der Waals surface area contributed by atoms with E-state index in [1.165, 1.54) is 17.0 Å². The van der Waals surface area contributed by atoms with Crippen LogP contribution >= 0.6 is 0 Å². The second kappa shape index (κ2) is 14.4. The van der Waals surface area contributed by atoms with Gasteiger partial charge in [0.15, 0.2) is 5.78 Å². The molecule has 8 nitrogen and oxygen atoms in total. The molecule has 242 valence electrons. The molecule has 2 aromatic rings. The van der Waals surface area contributed by atoms with Gasteiger partial charge in [-0.1, -0.05) is 18.9 Å². The Morgan fingerprint density at radius 3 is 2.44 bits per heavy atom. The van der Waals surface area contributed by atoms with Gasteiger partial charge < -0.3 is 14.8 Å². The van der Waals surface area contributed by atoms with Gasteiger partial charge in [0, 0.05) is 49.0 Å². The van der Waals surface area contributed by atoms with E-state index in [-0.39, 0.29) is 40.8 Å². The first-order valence-electron chi connectivity index (χ1n) is 16.9. The zero-order valence-corrected chi connectivity index (χ0v) is 26.2. The quantitative estimate of drug-likeness (QED) is 0.199. The first-order chi connectivity index (χ1) is 21.9. The summed E-state index contributed by atoms with van der Waals surface area (Å²) >= 11 is 0. The van der Waals surface area contributed by atoms with Crippen molar-refractivity contribution < 1.29 is 28.2 Å². The molecule has 6 rings (SSSR count). The first kappa shape index (κ1) is 31.7. The van der Waals surface area contributed by atoms with Crippen LogP contribution < -0.4 is 14.8 Å². The fourth-order valence-corrected chi connectivity index (χ4v) is 7.66. The average Bonchev–Trinajstić information content (AvgIpc) is 3.49. The van der Waals surface area contributed by atoms with E-state index in [1.54, 1.807) is 12.1 Å². The Bertz CT molecular complexity index is 1330.